The van der Waals surface area contributed by atoms with Crippen LogP contribution in [0.3, 0.4) is 0 Å². The fraction of sp³-hybridized carbons (Fsp3) is 0.500. The van der Waals surface area contributed by atoms with Crippen molar-refractivity contribution in [1.29, 1.82) is 0 Å². The van der Waals surface area contributed by atoms with Gasteiger partial charge in [0.1, 0.15) is 5.71 Å². The van der Waals surface area contributed by atoms with E-state index in [0.717, 1.165) is 25.9 Å². The largest absolute Gasteiger partial charge is 0.284 e. The van der Waals surface area contributed by atoms with Crippen LogP contribution in [0.5, 0.6) is 0 Å². The van der Waals surface area contributed by atoms with Crippen molar-refractivity contribution in [1.82, 2.24) is 15.4 Å². The van der Waals surface area contributed by atoms with Gasteiger partial charge in [-0.25, -0.2) is 5.01 Å². The molecule has 1 N–H and O–H groups in total. The fourth-order valence-corrected chi connectivity index (χ4v) is 2.53. The number of hydrogen-bond acceptors (Lipinski definition) is 4. The quantitative estimate of drug-likeness (QED) is 0.429. The molecule has 7 heteroatoms. The molecular formula is C16H24Cl2N4O. The van der Waals surface area contributed by atoms with Crippen LogP contribution in [-0.4, -0.2) is 41.8 Å². The number of hydrazine groups is 1. The highest BCUT2D eigenvalue weighted by molar-refractivity contribution is 6.38. The molecule has 1 aliphatic heterocycles. The van der Waals surface area contributed by atoms with E-state index in [-0.39, 0.29) is 5.91 Å². The molecule has 1 aliphatic rings. The van der Waals surface area contributed by atoms with Crippen LogP contribution >= 0.6 is 23.2 Å². The Morgan fingerprint density at radius 2 is 1.91 bits per heavy atom. The summed E-state index contributed by atoms with van der Waals surface area (Å²) < 4.78 is 0. The van der Waals surface area contributed by atoms with E-state index >= 15 is 0 Å². The number of nitrogens with zero attached hydrogens (tertiary/aromatic N) is 3. The van der Waals surface area contributed by atoms with Gasteiger partial charge in [0.25, 0.3) is 5.91 Å². The predicted octanol–water partition coefficient (Wildman–Crippen LogP) is 3.59. The fourth-order valence-electron chi connectivity index (χ4n) is 2.11. The summed E-state index contributed by atoms with van der Waals surface area (Å²) in [5, 5.41) is 8.33. The van der Waals surface area contributed by atoms with Gasteiger partial charge < -0.3 is 0 Å². The molecule has 0 aromatic carbocycles. The minimum Gasteiger partial charge on any atom is -0.284 e. The second-order valence-corrected chi connectivity index (χ2v) is 6.19. The Morgan fingerprint density at radius 3 is 2.43 bits per heavy atom. The Kier molecular flexibility index (Phi) is 8.37. The molecule has 0 aromatic heterocycles. The standard InChI is InChI=1S/C16H24Cl2N4O/c1-5-15(16(23)20-22-9-7-6-8-10-22)19-21(4)13(3)14(18)11-12(2)17/h11H,2-3,5-10H2,1,4H3,(H,20,23). The number of carbonyl (C=O) groups excluding carboxylic acids is 1. The molecule has 5 nitrogen and oxygen atoms in total. The van der Waals surface area contributed by atoms with Crippen molar-refractivity contribution in [2.45, 2.75) is 32.6 Å². The molecule has 0 aromatic rings. The van der Waals surface area contributed by atoms with Gasteiger partial charge >= 0.3 is 0 Å². The maximum absolute atomic E-state index is 12.3. The summed E-state index contributed by atoms with van der Waals surface area (Å²) in [6.45, 7) is 11.0. The molecule has 0 unspecified atom stereocenters. The van der Waals surface area contributed by atoms with Crippen LogP contribution in [0.25, 0.3) is 0 Å². The molecule has 0 atom stereocenters. The van der Waals surface area contributed by atoms with Crippen LogP contribution in [-0.2, 0) is 4.79 Å². The number of hydrazone groups is 1. The van der Waals surface area contributed by atoms with Crippen molar-refractivity contribution in [3.05, 3.63) is 35.0 Å². The van der Waals surface area contributed by atoms with Crippen molar-refractivity contribution >= 4 is 34.8 Å². The molecule has 0 aliphatic carbocycles. The number of piperidine rings is 1. The van der Waals surface area contributed by atoms with E-state index in [1.165, 1.54) is 17.5 Å². The highest BCUT2D eigenvalue weighted by Crippen LogP contribution is 2.19. The second kappa shape index (κ2) is 9.75. The number of rotatable bonds is 7. The maximum atomic E-state index is 12.3. The van der Waals surface area contributed by atoms with Crippen LogP contribution in [0.4, 0.5) is 0 Å². The average molecular weight is 359 g/mol. The van der Waals surface area contributed by atoms with Gasteiger partial charge in [0, 0.05) is 25.2 Å². The number of amides is 1. The second-order valence-electron chi connectivity index (χ2n) is 5.30. The van der Waals surface area contributed by atoms with Crippen molar-refractivity contribution in [3.63, 3.8) is 0 Å². The first-order chi connectivity index (χ1) is 10.8. The van der Waals surface area contributed by atoms with E-state index in [1.807, 2.05) is 11.9 Å². The molecule has 1 saturated heterocycles. The molecule has 0 saturated carbocycles. The van der Waals surface area contributed by atoms with Crippen molar-refractivity contribution in [3.8, 4) is 0 Å². The molecule has 1 heterocycles. The van der Waals surface area contributed by atoms with E-state index in [4.69, 9.17) is 23.2 Å². The average Bonchev–Trinajstić information content (AvgIpc) is 2.51. The Bertz CT molecular complexity index is 522. The van der Waals surface area contributed by atoms with E-state index < -0.39 is 0 Å². The highest BCUT2D eigenvalue weighted by atomic mass is 35.5. The van der Waals surface area contributed by atoms with Crippen molar-refractivity contribution in [2.24, 2.45) is 5.10 Å². The lowest BCUT2D eigenvalue weighted by Crippen LogP contribution is -2.47. The Morgan fingerprint density at radius 1 is 1.30 bits per heavy atom. The SMILES string of the molecule is C=C(Cl)C=C(Cl)C(=C)N(C)N=C(CC)C(=O)NN1CCCCC1. The minimum atomic E-state index is -0.198. The third kappa shape index (κ3) is 6.77. The Labute approximate surface area is 148 Å². The summed E-state index contributed by atoms with van der Waals surface area (Å²) in [4.78, 5) is 12.3. The number of allylic oxidation sites excluding steroid dienone is 3. The lowest BCUT2D eigenvalue weighted by molar-refractivity contribution is -0.119. The van der Waals surface area contributed by atoms with Gasteiger partial charge in [-0.2, -0.15) is 5.10 Å². The Balaban J connectivity index is 2.74. The van der Waals surface area contributed by atoms with Crippen LogP contribution in [0.2, 0.25) is 0 Å². The van der Waals surface area contributed by atoms with Crippen molar-refractivity contribution < 1.29 is 4.79 Å². The summed E-state index contributed by atoms with van der Waals surface area (Å²) >= 11 is 11.8. The van der Waals surface area contributed by atoms with Gasteiger partial charge in [0.2, 0.25) is 0 Å². The predicted molar refractivity (Wildman–Crippen MR) is 97.1 cm³/mol. The van der Waals surface area contributed by atoms with E-state index in [2.05, 4.69) is 23.7 Å². The van der Waals surface area contributed by atoms with Crippen LogP contribution in [0.1, 0.15) is 32.6 Å². The lowest BCUT2D eigenvalue weighted by atomic mass is 10.2. The zero-order valence-electron chi connectivity index (χ0n) is 13.7. The van der Waals surface area contributed by atoms with Gasteiger partial charge in [-0.15, -0.1) is 0 Å². The van der Waals surface area contributed by atoms with Gasteiger partial charge in [-0.1, -0.05) is 49.7 Å². The first kappa shape index (κ1) is 19.7. The Hall–Kier alpha value is -1.30. The van der Waals surface area contributed by atoms with Crippen molar-refractivity contribution in [2.75, 3.05) is 20.1 Å². The van der Waals surface area contributed by atoms with Crippen LogP contribution in [0, 0.1) is 0 Å². The monoisotopic (exact) mass is 358 g/mol. The molecule has 23 heavy (non-hydrogen) atoms. The zero-order valence-corrected chi connectivity index (χ0v) is 15.3. The normalized spacial score (nSPS) is 16.9. The lowest BCUT2D eigenvalue weighted by Gasteiger charge is -2.27. The number of likely N-dealkylation sites (N-methyl/N-ethyl adjacent to an activating group) is 1. The summed E-state index contributed by atoms with van der Waals surface area (Å²) in [5.74, 6) is -0.198. The minimum absolute atomic E-state index is 0.198. The summed E-state index contributed by atoms with van der Waals surface area (Å²) in [5.41, 5.74) is 3.75. The summed E-state index contributed by atoms with van der Waals surface area (Å²) in [6, 6.07) is 0. The number of hydrogen-bond donors (Lipinski definition) is 1. The molecule has 0 spiro atoms. The molecule has 1 amide bonds. The van der Waals surface area contributed by atoms with Gasteiger partial charge in [0.15, 0.2) is 0 Å². The molecule has 1 rings (SSSR count). The van der Waals surface area contributed by atoms with E-state index in [1.54, 1.807) is 7.05 Å². The molecule has 128 valence electrons. The topological polar surface area (TPSA) is 47.9 Å². The summed E-state index contributed by atoms with van der Waals surface area (Å²) in [7, 11) is 1.68. The third-order valence-electron chi connectivity index (χ3n) is 3.43. The van der Waals surface area contributed by atoms with E-state index in [9.17, 15) is 4.79 Å². The molecule has 1 fully saturated rings. The number of carbonyl (C=O) groups is 1. The maximum Gasteiger partial charge on any atom is 0.281 e. The van der Waals surface area contributed by atoms with Crippen LogP contribution in [0.15, 0.2) is 40.1 Å². The third-order valence-corrected chi connectivity index (χ3v) is 3.87. The van der Waals surface area contributed by atoms with Gasteiger partial charge in [-0.05, 0) is 25.3 Å². The zero-order chi connectivity index (χ0) is 17.4. The molecular weight excluding hydrogens is 335 g/mol. The van der Waals surface area contributed by atoms with Gasteiger partial charge in [-0.3, -0.25) is 15.2 Å². The smallest absolute Gasteiger partial charge is 0.281 e. The number of nitrogens with one attached hydrogen (secondary N) is 1. The first-order valence-corrected chi connectivity index (χ1v) is 8.38. The van der Waals surface area contributed by atoms with E-state index in [0.29, 0.717) is 27.9 Å². The molecule has 0 radical (unpaired) electrons. The molecule has 0 bridgehead atoms. The van der Waals surface area contributed by atoms with Crippen LogP contribution < -0.4 is 5.43 Å². The first-order valence-electron chi connectivity index (χ1n) is 7.63. The highest BCUT2D eigenvalue weighted by Gasteiger charge is 2.17. The van der Waals surface area contributed by atoms with Gasteiger partial charge in [0.05, 0.1) is 10.7 Å². The number of halogens is 2. The summed E-state index contributed by atoms with van der Waals surface area (Å²) in [6.07, 6.45) is 5.38.